The van der Waals surface area contributed by atoms with Gasteiger partial charge in [-0.25, -0.2) is 0 Å². The Balaban J connectivity index is 2.58. The van der Waals surface area contributed by atoms with E-state index < -0.39 is 0 Å². The Kier molecular flexibility index (Phi) is 6.87. The van der Waals surface area contributed by atoms with Crippen LogP contribution in [0.15, 0.2) is 6.07 Å². The zero-order valence-electron chi connectivity index (χ0n) is 11.9. The summed E-state index contributed by atoms with van der Waals surface area (Å²) in [5.41, 5.74) is 0. The number of carbonyl (C=O) groups is 1. The van der Waals surface area contributed by atoms with Crippen LogP contribution in [-0.4, -0.2) is 31.3 Å². The van der Waals surface area contributed by atoms with Gasteiger partial charge in [0.2, 0.25) is 0 Å². The maximum absolute atomic E-state index is 12.1. The first-order valence-electron chi connectivity index (χ1n) is 6.65. The normalized spacial score (nSPS) is 12.2. The summed E-state index contributed by atoms with van der Waals surface area (Å²) in [5, 5.41) is 11.9. The van der Waals surface area contributed by atoms with Crippen LogP contribution in [0.1, 0.15) is 40.7 Å². The Morgan fingerprint density at radius 1 is 1.53 bits per heavy atom. The van der Waals surface area contributed by atoms with Gasteiger partial charge in [-0.3, -0.25) is 4.79 Å². The Morgan fingerprint density at radius 2 is 2.26 bits per heavy atom. The number of aliphatic hydroxyl groups is 1. The number of hydrogen-bond acceptors (Lipinski definition) is 4. The topological polar surface area (TPSA) is 58.6 Å². The van der Waals surface area contributed by atoms with E-state index in [4.69, 9.17) is 9.84 Å². The largest absolute Gasteiger partial charge is 0.495 e. The first-order valence-corrected chi connectivity index (χ1v) is 7.47. The van der Waals surface area contributed by atoms with Crippen LogP contribution in [0.4, 0.5) is 0 Å². The molecule has 0 bridgehead atoms. The van der Waals surface area contributed by atoms with Crippen LogP contribution >= 0.6 is 11.3 Å². The van der Waals surface area contributed by atoms with Gasteiger partial charge in [0, 0.05) is 18.0 Å². The maximum Gasteiger partial charge on any atom is 0.265 e. The van der Waals surface area contributed by atoms with E-state index in [-0.39, 0.29) is 12.5 Å². The van der Waals surface area contributed by atoms with Gasteiger partial charge in [0.25, 0.3) is 5.91 Å². The number of aryl methyl sites for hydroxylation is 1. The molecular weight excluding hydrogens is 262 g/mol. The van der Waals surface area contributed by atoms with Crippen LogP contribution in [0.3, 0.4) is 0 Å². The van der Waals surface area contributed by atoms with Crippen LogP contribution in [0.25, 0.3) is 0 Å². The number of hydrogen-bond donors (Lipinski definition) is 2. The molecule has 0 aliphatic heterocycles. The summed E-state index contributed by atoms with van der Waals surface area (Å²) in [6.07, 6.45) is 2.80. The molecule has 2 N–H and O–H groups in total. The second-order valence-corrected chi connectivity index (χ2v) is 5.89. The van der Waals surface area contributed by atoms with Crippen molar-refractivity contribution in [1.29, 1.82) is 0 Å². The van der Waals surface area contributed by atoms with Crippen molar-refractivity contribution in [1.82, 2.24) is 5.32 Å². The minimum Gasteiger partial charge on any atom is -0.495 e. The quantitative estimate of drug-likeness (QED) is 0.772. The van der Waals surface area contributed by atoms with Crippen molar-refractivity contribution >= 4 is 17.2 Å². The van der Waals surface area contributed by atoms with E-state index in [0.717, 1.165) is 24.1 Å². The molecular formula is C14H23NO3S. The Bertz CT molecular complexity index is 397. The lowest BCUT2D eigenvalue weighted by Gasteiger charge is -2.15. The molecule has 4 nitrogen and oxygen atoms in total. The van der Waals surface area contributed by atoms with Gasteiger partial charge in [0.1, 0.15) is 10.6 Å². The summed E-state index contributed by atoms with van der Waals surface area (Å²) in [4.78, 5) is 13.8. The third-order valence-corrected chi connectivity index (χ3v) is 4.06. The van der Waals surface area contributed by atoms with Crippen molar-refractivity contribution in [2.75, 3.05) is 20.3 Å². The van der Waals surface area contributed by atoms with Gasteiger partial charge in [-0.15, -0.1) is 11.3 Å². The van der Waals surface area contributed by atoms with Crippen molar-refractivity contribution in [3.8, 4) is 5.75 Å². The van der Waals surface area contributed by atoms with E-state index in [1.54, 1.807) is 7.11 Å². The van der Waals surface area contributed by atoms with Crippen molar-refractivity contribution in [3.05, 3.63) is 15.8 Å². The molecule has 1 atom stereocenters. The Hall–Kier alpha value is -1.07. The first-order chi connectivity index (χ1) is 9.12. The molecule has 1 aromatic heterocycles. The highest BCUT2D eigenvalue weighted by molar-refractivity contribution is 7.14. The van der Waals surface area contributed by atoms with Crippen LogP contribution in [0.5, 0.6) is 5.75 Å². The molecule has 0 saturated carbocycles. The number of nitrogens with one attached hydrogen (secondary N) is 1. The summed E-state index contributed by atoms with van der Waals surface area (Å²) in [7, 11) is 1.57. The standard InChI is InChI=1S/C14H23NO3S/c1-4-5-11(6-7-16)9-15-14(17)13-12(18-3)8-10(2)19-13/h8,11,16H,4-7,9H2,1-3H3,(H,15,17). The van der Waals surface area contributed by atoms with Crippen molar-refractivity contribution in [2.45, 2.75) is 33.1 Å². The third kappa shape index (κ3) is 4.84. The number of ether oxygens (including phenoxy) is 1. The van der Waals surface area contributed by atoms with Gasteiger partial charge in [-0.05, 0) is 31.7 Å². The molecule has 0 saturated heterocycles. The van der Waals surface area contributed by atoms with Gasteiger partial charge in [-0.2, -0.15) is 0 Å². The summed E-state index contributed by atoms with van der Waals surface area (Å²) in [6, 6.07) is 1.87. The number of thiophene rings is 1. The first kappa shape index (κ1) is 16.0. The van der Waals surface area contributed by atoms with E-state index in [1.165, 1.54) is 11.3 Å². The lowest BCUT2D eigenvalue weighted by molar-refractivity contribution is 0.0944. The average Bonchev–Trinajstić information content (AvgIpc) is 2.77. The number of amides is 1. The number of rotatable bonds is 8. The van der Waals surface area contributed by atoms with E-state index in [0.29, 0.717) is 23.1 Å². The Labute approximate surface area is 118 Å². The van der Waals surface area contributed by atoms with E-state index in [9.17, 15) is 4.79 Å². The van der Waals surface area contributed by atoms with Crippen LogP contribution in [0.2, 0.25) is 0 Å². The summed E-state index contributed by atoms with van der Waals surface area (Å²) in [5.74, 6) is 0.884. The van der Waals surface area contributed by atoms with Gasteiger partial charge >= 0.3 is 0 Å². The highest BCUT2D eigenvalue weighted by atomic mass is 32.1. The molecule has 0 fully saturated rings. The molecule has 5 heteroatoms. The minimum absolute atomic E-state index is 0.0889. The fraction of sp³-hybridized carbons (Fsp3) is 0.643. The minimum atomic E-state index is -0.0889. The van der Waals surface area contributed by atoms with E-state index in [2.05, 4.69) is 12.2 Å². The maximum atomic E-state index is 12.1. The highest BCUT2D eigenvalue weighted by Crippen LogP contribution is 2.28. The fourth-order valence-corrected chi connectivity index (χ4v) is 2.95. The molecule has 1 unspecified atom stereocenters. The highest BCUT2D eigenvalue weighted by Gasteiger charge is 2.17. The molecule has 0 aromatic carbocycles. The van der Waals surface area contributed by atoms with Crippen molar-refractivity contribution in [2.24, 2.45) is 5.92 Å². The lowest BCUT2D eigenvalue weighted by atomic mass is 10.0. The molecule has 0 aliphatic rings. The summed E-state index contributed by atoms with van der Waals surface area (Å²) in [6.45, 7) is 4.84. The molecule has 1 aromatic rings. The van der Waals surface area contributed by atoms with Crippen LogP contribution in [0, 0.1) is 12.8 Å². The zero-order chi connectivity index (χ0) is 14.3. The van der Waals surface area contributed by atoms with Gasteiger partial charge in [-0.1, -0.05) is 13.3 Å². The fourth-order valence-electron chi connectivity index (χ4n) is 2.06. The third-order valence-electron chi connectivity index (χ3n) is 3.03. The molecule has 0 radical (unpaired) electrons. The van der Waals surface area contributed by atoms with Crippen LogP contribution in [-0.2, 0) is 0 Å². The molecule has 0 aliphatic carbocycles. The summed E-state index contributed by atoms with van der Waals surface area (Å²) < 4.78 is 5.20. The van der Waals surface area contributed by atoms with Crippen molar-refractivity contribution in [3.63, 3.8) is 0 Å². The predicted molar refractivity (Wildman–Crippen MR) is 78.0 cm³/mol. The number of aliphatic hydroxyl groups excluding tert-OH is 1. The monoisotopic (exact) mass is 285 g/mol. The molecule has 108 valence electrons. The predicted octanol–water partition coefficient (Wildman–Crippen LogP) is 2.59. The average molecular weight is 285 g/mol. The van der Waals surface area contributed by atoms with Gasteiger partial charge < -0.3 is 15.2 Å². The van der Waals surface area contributed by atoms with Gasteiger partial charge in [0.15, 0.2) is 0 Å². The molecule has 1 heterocycles. The van der Waals surface area contributed by atoms with E-state index in [1.807, 2.05) is 13.0 Å². The Morgan fingerprint density at radius 3 is 2.84 bits per heavy atom. The lowest BCUT2D eigenvalue weighted by Crippen LogP contribution is -2.29. The molecule has 0 spiro atoms. The SMILES string of the molecule is CCCC(CCO)CNC(=O)c1sc(C)cc1OC. The number of methoxy groups -OCH3 is 1. The van der Waals surface area contributed by atoms with Crippen molar-refractivity contribution < 1.29 is 14.6 Å². The van der Waals surface area contributed by atoms with E-state index >= 15 is 0 Å². The molecule has 19 heavy (non-hydrogen) atoms. The smallest absolute Gasteiger partial charge is 0.265 e. The zero-order valence-corrected chi connectivity index (χ0v) is 12.7. The molecule has 1 rings (SSSR count). The summed E-state index contributed by atoms with van der Waals surface area (Å²) >= 11 is 1.44. The second kappa shape index (κ2) is 8.17. The number of carbonyl (C=O) groups excluding carboxylic acids is 1. The molecule has 1 amide bonds. The van der Waals surface area contributed by atoms with Gasteiger partial charge in [0.05, 0.1) is 7.11 Å². The second-order valence-electron chi connectivity index (χ2n) is 4.63. The van der Waals surface area contributed by atoms with Crippen LogP contribution < -0.4 is 10.1 Å².